The first-order chi connectivity index (χ1) is 8.58. The van der Waals surface area contributed by atoms with Gasteiger partial charge in [-0.05, 0) is 62.4 Å². The number of hydrogen-bond donors (Lipinski definition) is 1. The molecule has 2 aliphatic rings. The third kappa shape index (κ3) is 3.48. The smallest absolute Gasteiger partial charge is 0.0571 e. The van der Waals surface area contributed by atoms with Crippen LogP contribution < -0.4 is 0 Å². The quantitative estimate of drug-likeness (QED) is 0.835. The number of piperidine rings is 1. The summed E-state index contributed by atoms with van der Waals surface area (Å²) in [4.78, 5) is 2.64. The van der Waals surface area contributed by atoms with Gasteiger partial charge in [-0.3, -0.25) is 0 Å². The van der Waals surface area contributed by atoms with Gasteiger partial charge in [0, 0.05) is 6.54 Å². The van der Waals surface area contributed by atoms with Gasteiger partial charge < -0.3 is 10.0 Å². The van der Waals surface area contributed by atoms with E-state index in [2.05, 4.69) is 25.7 Å². The van der Waals surface area contributed by atoms with Crippen LogP contribution in [0.5, 0.6) is 0 Å². The van der Waals surface area contributed by atoms with E-state index >= 15 is 0 Å². The molecule has 2 rings (SSSR count). The van der Waals surface area contributed by atoms with E-state index in [0.717, 1.165) is 18.3 Å². The Labute approximate surface area is 113 Å². The molecule has 0 amide bonds. The zero-order valence-corrected chi connectivity index (χ0v) is 12.4. The molecular weight excluding hydrogens is 222 g/mol. The summed E-state index contributed by atoms with van der Waals surface area (Å²) in [7, 11) is 0. The topological polar surface area (TPSA) is 23.5 Å². The minimum absolute atomic E-state index is 0.0686. The highest BCUT2D eigenvalue weighted by molar-refractivity contribution is 4.87. The van der Waals surface area contributed by atoms with Gasteiger partial charge in [-0.2, -0.15) is 0 Å². The van der Waals surface area contributed by atoms with Gasteiger partial charge >= 0.3 is 0 Å². The molecule has 2 fully saturated rings. The Hall–Kier alpha value is -0.0800. The molecule has 2 heteroatoms. The molecule has 106 valence electrons. The standard InChI is InChI=1S/C16H31NO/c1-12(2)14-9-15(13(3)16(18)10-14)11-17-7-5-4-6-8-17/h12-16,18H,4-11H2,1-3H3/t13-,14-,15+,16-/m0/s1. The van der Waals surface area contributed by atoms with E-state index in [1.807, 2.05) is 0 Å². The van der Waals surface area contributed by atoms with Gasteiger partial charge in [0.25, 0.3) is 0 Å². The fraction of sp³-hybridized carbons (Fsp3) is 1.00. The van der Waals surface area contributed by atoms with Gasteiger partial charge in [0.1, 0.15) is 0 Å². The lowest BCUT2D eigenvalue weighted by molar-refractivity contribution is -0.00940. The summed E-state index contributed by atoms with van der Waals surface area (Å²) < 4.78 is 0. The second-order valence-electron chi connectivity index (χ2n) is 7.02. The van der Waals surface area contributed by atoms with Crippen molar-refractivity contribution in [3.05, 3.63) is 0 Å². The molecule has 1 heterocycles. The summed E-state index contributed by atoms with van der Waals surface area (Å²) >= 11 is 0. The molecule has 1 aliphatic heterocycles. The molecule has 18 heavy (non-hydrogen) atoms. The molecule has 1 N–H and O–H groups in total. The highest BCUT2D eigenvalue weighted by Crippen LogP contribution is 2.38. The van der Waals surface area contributed by atoms with Crippen LogP contribution in [0.3, 0.4) is 0 Å². The fourth-order valence-corrected chi connectivity index (χ4v) is 3.80. The van der Waals surface area contributed by atoms with Crippen molar-refractivity contribution in [2.45, 2.75) is 59.0 Å². The van der Waals surface area contributed by atoms with Crippen LogP contribution in [-0.2, 0) is 0 Å². The molecule has 4 atom stereocenters. The molecule has 1 saturated carbocycles. The summed E-state index contributed by atoms with van der Waals surface area (Å²) in [6.07, 6.45) is 6.44. The van der Waals surface area contributed by atoms with Crippen LogP contribution in [0.4, 0.5) is 0 Å². The van der Waals surface area contributed by atoms with E-state index < -0.39 is 0 Å². The average molecular weight is 253 g/mol. The van der Waals surface area contributed by atoms with Crippen LogP contribution in [0.1, 0.15) is 52.9 Å². The Kier molecular flexibility index (Phi) is 5.08. The van der Waals surface area contributed by atoms with Crippen LogP contribution in [0.15, 0.2) is 0 Å². The minimum Gasteiger partial charge on any atom is -0.393 e. The number of aliphatic hydroxyl groups excluding tert-OH is 1. The highest BCUT2D eigenvalue weighted by atomic mass is 16.3. The Morgan fingerprint density at radius 1 is 1.11 bits per heavy atom. The largest absolute Gasteiger partial charge is 0.393 e. The average Bonchev–Trinajstić information content (AvgIpc) is 2.35. The molecule has 0 spiro atoms. The number of rotatable bonds is 3. The molecule has 0 unspecified atom stereocenters. The molecule has 1 saturated heterocycles. The van der Waals surface area contributed by atoms with Crippen molar-refractivity contribution < 1.29 is 5.11 Å². The normalized spacial score (nSPS) is 39.2. The van der Waals surface area contributed by atoms with Crippen molar-refractivity contribution in [1.29, 1.82) is 0 Å². The maximum Gasteiger partial charge on any atom is 0.0571 e. The van der Waals surface area contributed by atoms with Crippen molar-refractivity contribution >= 4 is 0 Å². The van der Waals surface area contributed by atoms with Crippen LogP contribution in [0, 0.1) is 23.7 Å². The second-order valence-corrected chi connectivity index (χ2v) is 7.02. The summed E-state index contributed by atoms with van der Waals surface area (Å²) in [5.41, 5.74) is 0. The fourth-order valence-electron chi connectivity index (χ4n) is 3.80. The van der Waals surface area contributed by atoms with Crippen LogP contribution in [0.2, 0.25) is 0 Å². The lowest BCUT2D eigenvalue weighted by Crippen LogP contribution is -2.43. The van der Waals surface area contributed by atoms with Gasteiger partial charge in [0.2, 0.25) is 0 Å². The van der Waals surface area contributed by atoms with Crippen molar-refractivity contribution in [2.24, 2.45) is 23.7 Å². The van der Waals surface area contributed by atoms with E-state index in [-0.39, 0.29) is 6.10 Å². The van der Waals surface area contributed by atoms with Crippen molar-refractivity contribution in [3.8, 4) is 0 Å². The van der Waals surface area contributed by atoms with Crippen LogP contribution >= 0.6 is 0 Å². The van der Waals surface area contributed by atoms with Crippen LogP contribution in [0.25, 0.3) is 0 Å². The lowest BCUT2D eigenvalue weighted by atomic mass is 9.69. The van der Waals surface area contributed by atoms with E-state index in [1.165, 1.54) is 45.3 Å². The van der Waals surface area contributed by atoms with E-state index in [0.29, 0.717) is 11.8 Å². The molecule has 0 bridgehead atoms. The number of nitrogens with zero attached hydrogens (tertiary/aromatic N) is 1. The maximum absolute atomic E-state index is 10.3. The second kappa shape index (κ2) is 6.38. The van der Waals surface area contributed by atoms with Gasteiger partial charge in [-0.15, -0.1) is 0 Å². The predicted molar refractivity (Wildman–Crippen MR) is 76.5 cm³/mol. The number of aliphatic hydroxyl groups is 1. The number of likely N-dealkylation sites (tertiary alicyclic amines) is 1. The monoisotopic (exact) mass is 253 g/mol. The van der Waals surface area contributed by atoms with Crippen molar-refractivity contribution in [2.75, 3.05) is 19.6 Å². The van der Waals surface area contributed by atoms with E-state index in [1.54, 1.807) is 0 Å². The van der Waals surface area contributed by atoms with Crippen molar-refractivity contribution in [1.82, 2.24) is 4.90 Å². The first kappa shape index (κ1) is 14.3. The molecule has 0 aromatic heterocycles. The first-order valence-electron chi connectivity index (χ1n) is 7.98. The van der Waals surface area contributed by atoms with Crippen molar-refractivity contribution in [3.63, 3.8) is 0 Å². The highest BCUT2D eigenvalue weighted by Gasteiger charge is 2.36. The molecule has 2 nitrogen and oxygen atoms in total. The summed E-state index contributed by atoms with van der Waals surface area (Å²) in [6.45, 7) is 10.7. The number of hydrogen-bond acceptors (Lipinski definition) is 2. The maximum atomic E-state index is 10.3. The van der Waals surface area contributed by atoms with E-state index in [9.17, 15) is 5.11 Å². The first-order valence-corrected chi connectivity index (χ1v) is 7.98. The van der Waals surface area contributed by atoms with E-state index in [4.69, 9.17) is 0 Å². The SMILES string of the molecule is CC(C)[C@H]1C[C@H](CN2CCCCC2)[C@H](C)[C@@H](O)C1. The Balaban J connectivity index is 1.91. The van der Waals surface area contributed by atoms with Gasteiger partial charge in [-0.25, -0.2) is 0 Å². The predicted octanol–water partition coefficient (Wildman–Crippen LogP) is 3.15. The Morgan fingerprint density at radius 2 is 1.78 bits per heavy atom. The summed E-state index contributed by atoms with van der Waals surface area (Å²) in [5, 5.41) is 10.3. The summed E-state index contributed by atoms with van der Waals surface area (Å²) in [6, 6.07) is 0. The zero-order chi connectivity index (χ0) is 13.1. The van der Waals surface area contributed by atoms with Gasteiger partial charge in [-0.1, -0.05) is 27.2 Å². The third-order valence-corrected chi connectivity index (χ3v) is 5.38. The third-order valence-electron chi connectivity index (χ3n) is 5.38. The van der Waals surface area contributed by atoms with Gasteiger partial charge in [0.05, 0.1) is 6.10 Å². The Morgan fingerprint density at radius 3 is 2.39 bits per heavy atom. The molecule has 0 radical (unpaired) electrons. The minimum atomic E-state index is -0.0686. The molecule has 1 aliphatic carbocycles. The summed E-state index contributed by atoms with van der Waals surface area (Å²) in [5.74, 6) is 2.64. The lowest BCUT2D eigenvalue weighted by Gasteiger charge is -2.42. The molecular formula is C16H31NO. The zero-order valence-electron chi connectivity index (χ0n) is 12.4. The van der Waals surface area contributed by atoms with Gasteiger partial charge in [0.15, 0.2) is 0 Å². The Bertz CT molecular complexity index is 247. The molecule has 0 aromatic rings. The molecule has 0 aromatic carbocycles. The van der Waals surface area contributed by atoms with Crippen LogP contribution in [-0.4, -0.2) is 35.7 Å².